The number of ether oxygens (including phenoxy) is 1. The molecule has 20 heavy (non-hydrogen) atoms. The predicted octanol–water partition coefficient (Wildman–Crippen LogP) is 5.12. The Balaban J connectivity index is 2.21. The van der Waals surface area contributed by atoms with Gasteiger partial charge in [0.25, 0.3) is 0 Å². The van der Waals surface area contributed by atoms with Crippen LogP contribution in [0.2, 0.25) is 0 Å². The molecule has 0 aliphatic rings. The maximum atomic E-state index is 6.12. The van der Waals surface area contributed by atoms with Crippen LogP contribution in [0, 0.1) is 5.92 Å². The normalized spacial score (nSPS) is 10.8. The van der Waals surface area contributed by atoms with Gasteiger partial charge < -0.3 is 10.5 Å². The summed E-state index contributed by atoms with van der Waals surface area (Å²) < 4.78 is 6.70. The number of anilines is 1. The van der Waals surface area contributed by atoms with E-state index in [0.29, 0.717) is 18.2 Å². The third kappa shape index (κ3) is 3.76. The van der Waals surface area contributed by atoms with E-state index in [1.165, 1.54) is 0 Å². The van der Waals surface area contributed by atoms with E-state index in [9.17, 15) is 0 Å². The quantitative estimate of drug-likeness (QED) is 0.770. The van der Waals surface area contributed by atoms with Crippen molar-refractivity contribution in [3.05, 3.63) is 46.9 Å². The lowest BCUT2D eigenvalue weighted by Gasteiger charge is -2.14. The van der Waals surface area contributed by atoms with Gasteiger partial charge in [-0.05, 0) is 51.5 Å². The Bertz CT molecular complexity index is 543. The van der Waals surface area contributed by atoms with Crippen LogP contribution in [0.1, 0.15) is 20.3 Å². The van der Waals surface area contributed by atoms with Crippen molar-refractivity contribution in [2.24, 2.45) is 5.92 Å². The third-order valence-corrected chi connectivity index (χ3v) is 3.71. The zero-order chi connectivity index (χ0) is 14.5. The molecule has 0 bridgehead atoms. The van der Waals surface area contributed by atoms with Gasteiger partial charge in [0.2, 0.25) is 0 Å². The van der Waals surface area contributed by atoms with Crippen molar-refractivity contribution in [1.29, 1.82) is 0 Å². The van der Waals surface area contributed by atoms with Gasteiger partial charge in [0.05, 0.1) is 16.8 Å². The van der Waals surface area contributed by atoms with Crippen molar-refractivity contribution < 1.29 is 4.74 Å². The second kappa shape index (κ2) is 6.80. The van der Waals surface area contributed by atoms with Crippen molar-refractivity contribution in [2.45, 2.75) is 20.3 Å². The Morgan fingerprint density at radius 1 is 1.10 bits per heavy atom. The molecule has 0 saturated carbocycles. The number of halogens is 1. The van der Waals surface area contributed by atoms with Gasteiger partial charge >= 0.3 is 0 Å². The summed E-state index contributed by atoms with van der Waals surface area (Å²) in [4.78, 5) is 0. The maximum absolute atomic E-state index is 6.12. The number of benzene rings is 2. The van der Waals surface area contributed by atoms with Gasteiger partial charge in [0, 0.05) is 0 Å². The van der Waals surface area contributed by atoms with Crippen LogP contribution in [0.25, 0.3) is 11.1 Å². The number of nitrogens with two attached hydrogens (primary N) is 1. The molecule has 0 amide bonds. The first kappa shape index (κ1) is 14.9. The third-order valence-electron chi connectivity index (χ3n) is 3.12. The molecular formula is C17H20BrNO. The molecule has 2 aromatic carbocycles. The molecule has 0 saturated heterocycles. The van der Waals surface area contributed by atoms with Crippen molar-refractivity contribution in [3.8, 4) is 16.9 Å². The summed E-state index contributed by atoms with van der Waals surface area (Å²) in [7, 11) is 0. The van der Waals surface area contributed by atoms with Gasteiger partial charge in [0.15, 0.2) is 5.75 Å². The highest BCUT2D eigenvalue weighted by Gasteiger charge is 2.10. The molecule has 3 heteroatoms. The fourth-order valence-electron chi connectivity index (χ4n) is 1.96. The van der Waals surface area contributed by atoms with Gasteiger partial charge in [-0.3, -0.25) is 0 Å². The molecule has 106 valence electrons. The smallest absolute Gasteiger partial charge is 0.156 e. The first-order valence-corrected chi connectivity index (χ1v) is 7.64. The molecule has 2 aromatic rings. The lowest BCUT2D eigenvalue weighted by atomic mass is 10.0. The van der Waals surface area contributed by atoms with Crippen LogP contribution < -0.4 is 10.5 Å². The molecule has 0 fully saturated rings. The predicted molar refractivity (Wildman–Crippen MR) is 88.9 cm³/mol. The molecule has 0 aliphatic heterocycles. The molecule has 0 unspecified atom stereocenters. The van der Waals surface area contributed by atoms with Crippen LogP contribution >= 0.6 is 15.9 Å². The standard InChI is InChI=1S/C17H20BrNO/c1-12(2)8-9-20-17-15(18)10-14(11-16(17)19)13-6-4-3-5-7-13/h3-7,10-12H,8-9,19H2,1-2H3. The number of rotatable bonds is 5. The van der Waals surface area contributed by atoms with Crippen molar-refractivity contribution in [2.75, 3.05) is 12.3 Å². The highest BCUT2D eigenvalue weighted by Crippen LogP contribution is 2.36. The second-order valence-electron chi connectivity index (χ2n) is 5.27. The van der Waals surface area contributed by atoms with E-state index in [0.717, 1.165) is 27.8 Å². The van der Waals surface area contributed by atoms with E-state index >= 15 is 0 Å². The fourth-order valence-corrected chi connectivity index (χ4v) is 2.55. The Morgan fingerprint density at radius 2 is 1.80 bits per heavy atom. The lowest BCUT2D eigenvalue weighted by Crippen LogP contribution is -2.04. The van der Waals surface area contributed by atoms with E-state index < -0.39 is 0 Å². The first-order chi connectivity index (χ1) is 9.58. The Morgan fingerprint density at radius 3 is 2.40 bits per heavy atom. The van der Waals surface area contributed by atoms with Crippen LogP contribution in [-0.4, -0.2) is 6.61 Å². The summed E-state index contributed by atoms with van der Waals surface area (Å²) in [5.74, 6) is 1.36. The molecule has 0 aliphatic carbocycles. The molecule has 0 spiro atoms. The Hall–Kier alpha value is -1.48. The van der Waals surface area contributed by atoms with Gasteiger partial charge in [-0.15, -0.1) is 0 Å². The SMILES string of the molecule is CC(C)CCOc1c(N)cc(-c2ccccc2)cc1Br. The van der Waals surface area contributed by atoms with Gasteiger partial charge in [-0.25, -0.2) is 0 Å². The largest absolute Gasteiger partial charge is 0.490 e. The summed E-state index contributed by atoms with van der Waals surface area (Å²) in [6, 6.07) is 14.2. The topological polar surface area (TPSA) is 35.2 Å². The van der Waals surface area contributed by atoms with E-state index in [2.05, 4.69) is 48.0 Å². The van der Waals surface area contributed by atoms with Crippen molar-refractivity contribution in [1.82, 2.24) is 0 Å². The summed E-state index contributed by atoms with van der Waals surface area (Å²) in [6.45, 7) is 5.05. The minimum absolute atomic E-state index is 0.624. The average Bonchev–Trinajstić information content (AvgIpc) is 2.42. The molecule has 2 rings (SSSR count). The number of hydrogen-bond acceptors (Lipinski definition) is 2. The van der Waals surface area contributed by atoms with Crippen molar-refractivity contribution >= 4 is 21.6 Å². The fraction of sp³-hybridized carbons (Fsp3) is 0.294. The Kier molecular flexibility index (Phi) is 5.07. The molecule has 2 N–H and O–H groups in total. The molecule has 2 nitrogen and oxygen atoms in total. The monoisotopic (exact) mass is 333 g/mol. The zero-order valence-corrected chi connectivity index (χ0v) is 13.5. The van der Waals surface area contributed by atoms with Gasteiger partial charge in [-0.1, -0.05) is 44.2 Å². The summed E-state index contributed by atoms with van der Waals surface area (Å²) >= 11 is 3.56. The van der Waals surface area contributed by atoms with Crippen LogP contribution in [-0.2, 0) is 0 Å². The molecule has 0 aromatic heterocycles. The van der Waals surface area contributed by atoms with Crippen molar-refractivity contribution in [3.63, 3.8) is 0 Å². The highest BCUT2D eigenvalue weighted by molar-refractivity contribution is 9.10. The summed E-state index contributed by atoms with van der Waals surface area (Å²) in [5.41, 5.74) is 9.03. The Labute approximate surface area is 129 Å². The van der Waals surface area contributed by atoms with Crippen LogP contribution in [0.15, 0.2) is 46.9 Å². The maximum Gasteiger partial charge on any atom is 0.156 e. The van der Waals surface area contributed by atoms with E-state index in [1.807, 2.05) is 24.3 Å². The minimum atomic E-state index is 0.624. The van der Waals surface area contributed by atoms with E-state index in [1.54, 1.807) is 0 Å². The summed E-state index contributed by atoms with van der Waals surface area (Å²) in [6.07, 6.45) is 1.02. The van der Waals surface area contributed by atoms with Crippen LogP contribution in [0.5, 0.6) is 5.75 Å². The molecular weight excluding hydrogens is 314 g/mol. The second-order valence-corrected chi connectivity index (χ2v) is 6.13. The first-order valence-electron chi connectivity index (χ1n) is 6.85. The molecule has 0 atom stereocenters. The number of hydrogen-bond donors (Lipinski definition) is 1. The average molecular weight is 334 g/mol. The minimum Gasteiger partial charge on any atom is -0.490 e. The highest BCUT2D eigenvalue weighted by atomic mass is 79.9. The van der Waals surface area contributed by atoms with E-state index in [-0.39, 0.29) is 0 Å². The molecule has 0 radical (unpaired) electrons. The molecule has 0 heterocycles. The van der Waals surface area contributed by atoms with Gasteiger partial charge in [-0.2, -0.15) is 0 Å². The van der Waals surface area contributed by atoms with E-state index in [4.69, 9.17) is 10.5 Å². The number of nitrogen functional groups attached to an aromatic ring is 1. The zero-order valence-electron chi connectivity index (χ0n) is 11.9. The lowest BCUT2D eigenvalue weighted by molar-refractivity contribution is 0.289. The summed E-state index contributed by atoms with van der Waals surface area (Å²) in [5, 5.41) is 0. The van der Waals surface area contributed by atoms with Crippen LogP contribution in [0.4, 0.5) is 5.69 Å². The van der Waals surface area contributed by atoms with Crippen LogP contribution in [0.3, 0.4) is 0 Å². The van der Waals surface area contributed by atoms with Gasteiger partial charge in [0.1, 0.15) is 0 Å².